The summed E-state index contributed by atoms with van der Waals surface area (Å²) >= 11 is 0. The highest BCUT2D eigenvalue weighted by molar-refractivity contribution is 5.68. The molecule has 0 aromatic carbocycles. The van der Waals surface area contributed by atoms with Crippen LogP contribution in [-0.2, 0) is 29.1 Å². The lowest BCUT2D eigenvalue weighted by Crippen LogP contribution is -2.20. The van der Waals surface area contributed by atoms with E-state index in [1.807, 2.05) is 6.20 Å². The lowest BCUT2D eigenvalue weighted by Gasteiger charge is -2.24. The zero-order chi connectivity index (χ0) is 16.5. The van der Waals surface area contributed by atoms with Crippen LogP contribution in [-0.4, -0.2) is 37.4 Å². The first-order valence-electron chi connectivity index (χ1n) is 7.81. The molecule has 0 amide bonds. The van der Waals surface area contributed by atoms with Crippen molar-refractivity contribution in [2.75, 3.05) is 6.61 Å². The number of hydrogen-bond donors (Lipinski definition) is 1. The number of rotatable bonds is 5. The van der Waals surface area contributed by atoms with Gasteiger partial charge in [-0.3, -0.25) is 4.79 Å². The Balaban J connectivity index is 1.76. The van der Waals surface area contributed by atoms with E-state index in [1.54, 1.807) is 6.07 Å². The van der Waals surface area contributed by atoms with E-state index in [-0.39, 0.29) is 6.42 Å². The van der Waals surface area contributed by atoms with Gasteiger partial charge in [-0.2, -0.15) is 0 Å². The molecule has 3 aliphatic heterocycles. The number of imidazole rings is 1. The lowest BCUT2D eigenvalue weighted by atomic mass is 10.0. The minimum absolute atomic E-state index is 0.146. The average molecular weight is 328 g/mol. The van der Waals surface area contributed by atoms with Crippen LogP contribution in [0, 0.1) is 0 Å². The van der Waals surface area contributed by atoms with Gasteiger partial charge in [-0.25, -0.2) is 9.97 Å². The summed E-state index contributed by atoms with van der Waals surface area (Å²) in [4.78, 5) is 19.9. The van der Waals surface area contributed by atoms with Crippen LogP contribution in [0.3, 0.4) is 0 Å². The number of nitrogens with zero attached hydrogens (tertiary/aromatic N) is 4. The van der Waals surface area contributed by atoms with Crippen LogP contribution in [0.15, 0.2) is 23.0 Å². The normalized spacial score (nSPS) is 14.0. The molecule has 0 fully saturated rings. The van der Waals surface area contributed by atoms with E-state index in [9.17, 15) is 4.79 Å². The standard InChI is InChI=1S/C16H16N4O4/c21-14(22)2-1-5-20-8-12-15(10-9-23-6-4-13(10)20)18-16(17-12)11-3-7-24-19-11/h3,7-8H,1-2,4-6,9H2,(H,21,22). The zero-order valence-electron chi connectivity index (χ0n) is 12.9. The van der Waals surface area contributed by atoms with Crippen LogP contribution in [0.2, 0.25) is 0 Å². The number of fused-ring (bicyclic) bond motifs is 3. The van der Waals surface area contributed by atoms with Gasteiger partial charge in [0.2, 0.25) is 0 Å². The van der Waals surface area contributed by atoms with Gasteiger partial charge in [0.25, 0.3) is 0 Å². The van der Waals surface area contributed by atoms with Crippen molar-refractivity contribution in [1.82, 2.24) is 19.7 Å². The molecule has 1 aromatic heterocycles. The van der Waals surface area contributed by atoms with Crippen molar-refractivity contribution in [3.05, 3.63) is 29.8 Å². The largest absolute Gasteiger partial charge is 0.481 e. The Labute approximate surface area is 137 Å². The number of aryl methyl sites for hydroxylation is 1. The molecule has 1 aromatic rings. The lowest BCUT2D eigenvalue weighted by molar-refractivity contribution is -0.137. The van der Waals surface area contributed by atoms with Crippen molar-refractivity contribution >= 4 is 5.97 Å². The molecule has 8 nitrogen and oxygen atoms in total. The Morgan fingerprint density at radius 2 is 2.25 bits per heavy atom. The van der Waals surface area contributed by atoms with Crippen LogP contribution < -0.4 is 0 Å². The minimum atomic E-state index is -0.782. The maximum atomic E-state index is 10.8. The van der Waals surface area contributed by atoms with E-state index in [2.05, 4.69) is 19.7 Å². The maximum Gasteiger partial charge on any atom is 0.303 e. The summed E-state index contributed by atoms with van der Waals surface area (Å²) in [6, 6.07) is 1.72. The maximum absolute atomic E-state index is 10.8. The first-order chi connectivity index (χ1) is 11.7. The van der Waals surface area contributed by atoms with Gasteiger partial charge in [0.1, 0.15) is 17.7 Å². The topological polar surface area (TPSA) is 103 Å². The predicted octanol–water partition coefficient (Wildman–Crippen LogP) is 1.98. The molecule has 4 heterocycles. The van der Waals surface area contributed by atoms with Crippen LogP contribution in [0.5, 0.6) is 0 Å². The molecule has 0 spiro atoms. The van der Waals surface area contributed by atoms with Crippen molar-refractivity contribution in [2.45, 2.75) is 32.4 Å². The van der Waals surface area contributed by atoms with Gasteiger partial charge < -0.3 is 18.9 Å². The van der Waals surface area contributed by atoms with Gasteiger partial charge in [0, 0.05) is 42.9 Å². The van der Waals surface area contributed by atoms with Gasteiger partial charge in [-0.05, 0) is 6.42 Å². The predicted molar refractivity (Wildman–Crippen MR) is 82.4 cm³/mol. The van der Waals surface area contributed by atoms with E-state index in [4.69, 9.17) is 14.4 Å². The van der Waals surface area contributed by atoms with E-state index < -0.39 is 5.97 Å². The summed E-state index contributed by atoms with van der Waals surface area (Å²) in [5.41, 5.74) is 4.33. The smallest absolute Gasteiger partial charge is 0.303 e. The van der Waals surface area contributed by atoms with Crippen LogP contribution in [0.4, 0.5) is 0 Å². The first kappa shape index (κ1) is 14.8. The molecule has 0 unspecified atom stereocenters. The monoisotopic (exact) mass is 328 g/mol. The summed E-state index contributed by atoms with van der Waals surface area (Å²) < 4.78 is 12.5. The van der Waals surface area contributed by atoms with E-state index in [0.717, 1.165) is 29.1 Å². The molecule has 0 saturated heterocycles. The second-order valence-corrected chi connectivity index (χ2v) is 5.71. The summed E-state index contributed by atoms with van der Waals surface area (Å²) in [5.74, 6) is -0.259. The van der Waals surface area contributed by atoms with Crippen LogP contribution >= 0.6 is 0 Å². The van der Waals surface area contributed by atoms with Crippen molar-refractivity contribution in [3.8, 4) is 22.9 Å². The van der Waals surface area contributed by atoms with E-state index in [1.165, 1.54) is 6.26 Å². The molecule has 4 rings (SSSR count). The third-order valence-electron chi connectivity index (χ3n) is 4.13. The molecule has 8 heteroatoms. The second-order valence-electron chi connectivity index (χ2n) is 5.71. The number of carboxylic acids is 1. The van der Waals surface area contributed by atoms with E-state index in [0.29, 0.717) is 37.7 Å². The zero-order valence-corrected chi connectivity index (χ0v) is 12.9. The molecule has 0 bridgehead atoms. The molecular formula is C16H16N4O4. The van der Waals surface area contributed by atoms with Gasteiger partial charge in [0.05, 0.1) is 13.2 Å². The molecule has 3 aliphatic rings. The molecule has 0 aliphatic carbocycles. The number of aromatic nitrogens is 4. The molecule has 0 atom stereocenters. The molecule has 24 heavy (non-hydrogen) atoms. The minimum Gasteiger partial charge on any atom is -0.481 e. The molecule has 1 N–H and O–H groups in total. The van der Waals surface area contributed by atoms with Crippen molar-refractivity contribution in [2.24, 2.45) is 0 Å². The Morgan fingerprint density at radius 3 is 3.04 bits per heavy atom. The van der Waals surface area contributed by atoms with Gasteiger partial charge >= 0.3 is 5.97 Å². The SMILES string of the molecule is O=C(O)CCCn1cc2nc(-c3ccon3)nc-2c2c1CCOC2. The van der Waals surface area contributed by atoms with Crippen molar-refractivity contribution < 1.29 is 19.2 Å². The highest BCUT2D eigenvalue weighted by atomic mass is 16.5. The summed E-state index contributed by atoms with van der Waals surface area (Å²) in [6.07, 6.45) is 4.93. The molecule has 124 valence electrons. The number of hydrogen-bond acceptors (Lipinski definition) is 6. The summed E-state index contributed by atoms with van der Waals surface area (Å²) in [6.45, 7) is 1.78. The Bertz CT molecular complexity index is 840. The molecule has 0 radical (unpaired) electrons. The van der Waals surface area contributed by atoms with Gasteiger partial charge in [0.15, 0.2) is 11.5 Å². The van der Waals surface area contributed by atoms with Crippen LogP contribution in [0.1, 0.15) is 24.1 Å². The fraction of sp³-hybridized carbons (Fsp3) is 0.375. The second kappa shape index (κ2) is 6.04. The number of aliphatic carboxylic acids is 1. The van der Waals surface area contributed by atoms with Gasteiger partial charge in [-0.1, -0.05) is 5.16 Å². The van der Waals surface area contributed by atoms with Crippen LogP contribution in [0.25, 0.3) is 22.9 Å². The molecule has 0 saturated carbocycles. The fourth-order valence-corrected chi connectivity index (χ4v) is 3.03. The highest BCUT2D eigenvalue weighted by Crippen LogP contribution is 2.32. The average Bonchev–Trinajstić information content (AvgIpc) is 3.23. The number of pyridine rings is 1. The Hall–Kier alpha value is -2.74. The fourth-order valence-electron chi connectivity index (χ4n) is 3.03. The van der Waals surface area contributed by atoms with Crippen molar-refractivity contribution in [3.63, 3.8) is 0 Å². The third-order valence-corrected chi connectivity index (χ3v) is 4.13. The Morgan fingerprint density at radius 1 is 1.33 bits per heavy atom. The molecular weight excluding hydrogens is 312 g/mol. The van der Waals surface area contributed by atoms with Crippen molar-refractivity contribution in [1.29, 1.82) is 0 Å². The van der Waals surface area contributed by atoms with E-state index >= 15 is 0 Å². The van der Waals surface area contributed by atoms with Gasteiger partial charge in [-0.15, -0.1) is 0 Å². The Kier molecular flexibility index (Phi) is 3.73. The first-order valence-corrected chi connectivity index (χ1v) is 7.81. The third kappa shape index (κ3) is 2.65. The highest BCUT2D eigenvalue weighted by Gasteiger charge is 2.25. The summed E-state index contributed by atoms with van der Waals surface area (Å²) in [7, 11) is 0. The number of carboxylic acid groups (broad SMARTS) is 1. The quantitative estimate of drug-likeness (QED) is 0.763. The number of ether oxygens (including phenoxy) is 1. The summed E-state index contributed by atoms with van der Waals surface area (Å²) in [5, 5.41) is 12.7. The number of carbonyl (C=O) groups is 1.